The summed E-state index contributed by atoms with van der Waals surface area (Å²) >= 11 is 0. The molecule has 0 amide bonds. The maximum Gasteiger partial charge on any atom is 0.472 e. The zero-order valence-electron chi connectivity index (χ0n) is 52.0. The first-order chi connectivity index (χ1) is 39.2. The summed E-state index contributed by atoms with van der Waals surface area (Å²) in [5.41, 5.74) is 0. The molecule has 0 aliphatic rings. The van der Waals surface area contributed by atoms with Crippen molar-refractivity contribution in [1.82, 2.24) is 0 Å². The zero-order chi connectivity index (χ0) is 59.6. The maximum atomic E-state index is 12.9. The van der Waals surface area contributed by atoms with E-state index in [9.17, 15) is 43.5 Å². The molecule has 16 nitrogen and oxygen atoms in total. The molecule has 0 fully saturated rings. The number of carbonyl (C=O) groups is 3. The van der Waals surface area contributed by atoms with E-state index in [1.54, 1.807) is 0 Å². The van der Waals surface area contributed by atoms with Crippen LogP contribution in [0, 0.1) is 0 Å². The first kappa shape index (κ1) is 79.5. The fourth-order valence-corrected chi connectivity index (χ4v) is 11.3. The van der Waals surface area contributed by atoms with E-state index in [-0.39, 0.29) is 19.3 Å². The van der Waals surface area contributed by atoms with E-state index in [1.807, 2.05) is 0 Å². The Balaban J connectivity index is 4.64. The molecule has 0 radical (unpaired) electrons. The van der Waals surface area contributed by atoms with Gasteiger partial charge in [-0.15, -0.1) is 0 Å². The van der Waals surface area contributed by atoms with E-state index in [4.69, 9.17) is 32.3 Å². The van der Waals surface area contributed by atoms with Crippen molar-refractivity contribution in [1.29, 1.82) is 0 Å². The number of rotatable bonds is 65. The number of aliphatic hydroxyl groups excluding tert-OH is 2. The Labute approximate surface area is 494 Å². The first-order valence-electron chi connectivity index (χ1n) is 33.3. The number of ether oxygens (including phenoxy) is 3. The van der Waals surface area contributed by atoms with Crippen LogP contribution in [0.1, 0.15) is 329 Å². The number of phosphoric ester groups is 2. The van der Waals surface area contributed by atoms with Crippen LogP contribution >= 0.6 is 15.6 Å². The smallest absolute Gasteiger partial charge is 0.463 e. The van der Waals surface area contributed by atoms with Gasteiger partial charge in [0.25, 0.3) is 0 Å². The van der Waals surface area contributed by atoms with Crippen LogP contribution in [0.2, 0.25) is 0 Å². The third-order valence-electron chi connectivity index (χ3n) is 14.8. The molecule has 0 aromatic rings. The molecule has 0 rings (SSSR count). The van der Waals surface area contributed by atoms with Crippen LogP contribution in [0.25, 0.3) is 0 Å². The Hall–Kier alpha value is -1.45. The molecule has 3 unspecified atom stereocenters. The van der Waals surface area contributed by atoms with Crippen molar-refractivity contribution in [2.45, 2.75) is 347 Å². The number of unbranched alkanes of at least 4 members (excludes halogenated alkanes) is 42. The van der Waals surface area contributed by atoms with E-state index in [0.717, 1.165) is 57.8 Å². The Morgan fingerprint density at radius 1 is 0.296 bits per heavy atom. The molecule has 0 bridgehead atoms. The molecule has 5 atom stereocenters. The SMILES string of the molecule is CCCCCCCCCCCCCCCCCC(=O)OCC(O)COP(=O)(O)OC[C@@H](O)COP(=O)(O)OC[C@@H](COC(=O)CCCCCCCCCCCCCCCCC)OC(=O)CCCCCCCCCCCCCCCCC. The molecule has 0 saturated carbocycles. The fraction of sp³-hybridized carbons (Fsp3) is 0.952. The van der Waals surface area contributed by atoms with Crippen LogP contribution < -0.4 is 0 Å². The highest BCUT2D eigenvalue weighted by Gasteiger charge is 2.29. The predicted octanol–water partition coefficient (Wildman–Crippen LogP) is 17.8. The lowest BCUT2D eigenvalue weighted by atomic mass is 10.0. The molecule has 0 aromatic heterocycles. The second kappa shape index (κ2) is 58.9. The van der Waals surface area contributed by atoms with Crippen LogP contribution in [0.3, 0.4) is 0 Å². The van der Waals surface area contributed by atoms with E-state index in [2.05, 4.69) is 20.8 Å². The minimum atomic E-state index is -4.90. The standard InChI is InChI=1S/C63H124O16P2/c1-4-7-10-13-16-19-22-25-28-31-34-37-40-43-46-49-61(66)73-52-58(64)53-75-80(69,70)76-54-59(65)55-77-81(71,72)78-57-60(79-63(68)51-48-45-42-39-36-33-30-27-24-21-18-15-12-9-6-3)56-74-62(67)50-47-44-41-38-35-32-29-26-23-20-17-14-11-8-5-2/h58-60,64-65H,4-57H2,1-3H3,(H,69,70)(H,71,72)/t58?,59-,60-/m1/s1. The van der Waals surface area contributed by atoms with Gasteiger partial charge in [-0.25, -0.2) is 9.13 Å². The molecular formula is C63H124O16P2. The molecule has 0 aliphatic carbocycles. The maximum absolute atomic E-state index is 12.9. The van der Waals surface area contributed by atoms with Gasteiger partial charge in [0.15, 0.2) is 6.10 Å². The molecule has 81 heavy (non-hydrogen) atoms. The number of hydrogen-bond acceptors (Lipinski definition) is 14. The van der Waals surface area contributed by atoms with Crippen molar-refractivity contribution in [2.24, 2.45) is 0 Å². The normalized spacial score (nSPS) is 14.3. The summed E-state index contributed by atoms with van der Waals surface area (Å²) in [7, 11) is -9.74. The Bertz CT molecular complexity index is 1510. The molecule has 0 spiro atoms. The molecule has 0 aromatic carbocycles. The lowest BCUT2D eigenvalue weighted by Gasteiger charge is -2.21. The molecular weight excluding hydrogens is 1070 g/mol. The highest BCUT2D eigenvalue weighted by molar-refractivity contribution is 7.47. The summed E-state index contributed by atoms with van der Waals surface area (Å²) in [5, 5.41) is 20.5. The molecule has 18 heteroatoms. The summed E-state index contributed by atoms with van der Waals surface area (Å²) in [6.45, 7) is 2.75. The van der Waals surface area contributed by atoms with Gasteiger partial charge in [-0.05, 0) is 19.3 Å². The molecule has 482 valence electrons. The first-order valence-corrected chi connectivity index (χ1v) is 36.3. The third kappa shape index (κ3) is 60.1. The molecule has 4 N–H and O–H groups in total. The van der Waals surface area contributed by atoms with Gasteiger partial charge < -0.3 is 34.2 Å². The number of carbonyl (C=O) groups excluding carboxylic acids is 3. The largest absolute Gasteiger partial charge is 0.472 e. The lowest BCUT2D eigenvalue weighted by Crippen LogP contribution is -2.30. The van der Waals surface area contributed by atoms with Gasteiger partial charge in [0.1, 0.15) is 25.4 Å². The van der Waals surface area contributed by atoms with Crippen molar-refractivity contribution in [2.75, 3.05) is 39.6 Å². The summed E-state index contributed by atoms with van der Waals surface area (Å²) < 4.78 is 60.8. The van der Waals surface area contributed by atoms with E-state index in [1.165, 1.54) is 212 Å². The minimum Gasteiger partial charge on any atom is -0.463 e. The fourth-order valence-electron chi connectivity index (χ4n) is 9.69. The van der Waals surface area contributed by atoms with E-state index in [0.29, 0.717) is 19.3 Å². The number of phosphoric acid groups is 2. The van der Waals surface area contributed by atoms with E-state index >= 15 is 0 Å². The summed E-state index contributed by atoms with van der Waals surface area (Å²) in [6, 6.07) is 0. The second-order valence-electron chi connectivity index (χ2n) is 23.0. The Morgan fingerprint density at radius 3 is 0.778 bits per heavy atom. The van der Waals surface area contributed by atoms with Crippen molar-refractivity contribution in [3.63, 3.8) is 0 Å². The Kier molecular flexibility index (Phi) is 57.9. The van der Waals surface area contributed by atoms with Gasteiger partial charge in [-0.1, -0.05) is 290 Å². The summed E-state index contributed by atoms with van der Waals surface area (Å²) in [6.07, 6.45) is 50.1. The van der Waals surface area contributed by atoms with Gasteiger partial charge in [-0.2, -0.15) is 0 Å². The minimum absolute atomic E-state index is 0.117. The summed E-state index contributed by atoms with van der Waals surface area (Å²) in [5.74, 6) is -1.54. The monoisotopic (exact) mass is 1200 g/mol. The number of aliphatic hydroxyl groups is 2. The van der Waals surface area contributed by atoms with Crippen molar-refractivity contribution in [3.05, 3.63) is 0 Å². The van der Waals surface area contributed by atoms with E-state index < -0.39 is 91.5 Å². The third-order valence-corrected chi connectivity index (χ3v) is 16.7. The van der Waals surface area contributed by atoms with Crippen LogP contribution in [0.5, 0.6) is 0 Å². The van der Waals surface area contributed by atoms with Gasteiger partial charge >= 0.3 is 33.6 Å². The van der Waals surface area contributed by atoms with Gasteiger partial charge in [0.2, 0.25) is 0 Å². The van der Waals surface area contributed by atoms with Crippen molar-refractivity contribution in [3.8, 4) is 0 Å². The van der Waals surface area contributed by atoms with Crippen LogP contribution in [-0.4, -0.2) is 95.9 Å². The van der Waals surface area contributed by atoms with Gasteiger partial charge in [0, 0.05) is 19.3 Å². The van der Waals surface area contributed by atoms with Crippen LogP contribution in [0.15, 0.2) is 0 Å². The zero-order valence-corrected chi connectivity index (χ0v) is 53.8. The van der Waals surface area contributed by atoms with Crippen LogP contribution in [0.4, 0.5) is 0 Å². The summed E-state index contributed by atoms with van der Waals surface area (Å²) in [4.78, 5) is 58.2. The molecule has 0 heterocycles. The van der Waals surface area contributed by atoms with Crippen LogP contribution in [-0.2, 0) is 55.8 Å². The predicted molar refractivity (Wildman–Crippen MR) is 326 cm³/mol. The highest BCUT2D eigenvalue weighted by Crippen LogP contribution is 2.45. The average Bonchev–Trinajstić information content (AvgIpc) is 3.45. The average molecular weight is 1200 g/mol. The lowest BCUT2D eigenvalue weighted by molar-refractivity contribution is -0.161. The van der Waals surface area contributed by atoms with Crippen molar-refractivity contribution < 1.29 is 75.8 Å². The van der Waals surface area contributed by atoms with Gasteiger partial charge in [0.05, 0.1) is 26.4 Å². The Morgan fingerprint density at radius 2 is 0.506 bits per heavy atom. The van der Waals surface area contributed by atoms with Gasteiger partial charge in [-0.3, -0.25) is 32.5 Å². The quantitative estimate of drug-likeness (QED) is 0.0192. The molecule has 0 aliphatic heterocycles. The second-order valence-corrected chi connectivity index (χ2v) is 25.9. The number of hydrogen-bond donors (Lipinski definition) is 4. The highest BCUT2D eigenvalue weighted by atomic mass is 31.2. The van der Waals surface area contributed by atoms with Crippen molar-refractivity contribution >= 4 is 33.6 Å². The topological polar surface area (TPSA) is 231 Å². The number of esters is 3. The molecule has 0 saturated heterocycles.